The van der Waals surface area contributed by atoms with E-state index in [4.69, 9.17) is 58.0 Å². The minimum absolute atomic E-state index is 0.0223. The quantitative estimate of drug-likeness (QED) is 0.329. The molecular weight excluding hydrogens is 592 g/mol. The van der Waals surface area contributed by atoms with Gasteiger partial charge in [-0.05, 0) is 44.5 Å². The maximum Gasteiger partial charge on any atom is 0.244 e. The second-order valence-electron chi connectivity index (χ2n) is 8.20. The van der Waals surface area contributed by atoms with E-state index in [0.717, 1.165) is 10.6 Å². The summed E-state index contributed by atoms with van der Waals surface area (Å²) in [6.07, 6.45) is 1.61. The highest BCUT2D eigenvalue weighted by atomic mass is 35.5. The van der Waals surface area contributed by atoms with Crippen LogP contribution in [0.25, 0.3) is 0 Å². The molecule has 0 fully saturated rings. The van der Waals surface area contributed by atoms with Crippen molar-refractivity contribution in [3.05, 3.63) is 61.0 Å². The first-order valence-electron chi connectivity index (χ1n) is 10.8. The third-order valence-corrected chi connectivity index (χ3v) is 8.36. The fraction of sp³-hybridized carbons (Fsp3) is 0.391. The first-order valence-corrected chi connectivity index (χ1v) is 14.6. The zero-order valence-corrected chi connectivity index (χ0v) is 24.6. The SMILES string of the molecule is CC[C@H](C)NC(=O)[C@H](C)N(Cc1c(Cl)cccc1Cl)C(=O)CN(c1cc(Cl)c(Cl)cc1Cl)S(C)(=O)=O. The molecule has 0 radical (unpaired) electrons. The summed E-state index contributed by atoms with van der Waals surface area (Å²) in [5.41, 5.74) is 0.380. The van der Waals surface area contributed by atoms with Crippen LogP contribution in [0.15, 0.2) is 30.3 Å². The van der Waals surface area contributed by atoms with Gasteiger partial charge >= 0.3 is 0 Å². The van der Waals surface area contributed by atoms with Crippen LogP contribution < -0.4 is 9.62 Å². The number of nitrogens with zero attached hydrogens (tertiary/aromatic N) is 2. The number of benzene rings is 2. The molecule has 0 aliphatic rings. The Bertz CT molecular complexity index is 1220. The Morgan fingerprint density at radius 3 is 2.03 bits per heavy atom. The molecule has 36 heavy (non-hydrogen) atoms. The van der Waals surface area contributed by atoms with Gasteiger partial charge in [0.25, 0.3) is 0 Å². The Morgan fingerprint density at radius 1 is 0.944 bits per heavy atom. The Morgan fingerprint density at radius 2 is 1.50 bits per heavy atom. The van der Waals surface area contributed by atoms with Crippen molar-refractivity contribution in [3.8, 4) is 0 Å². The van der Waals surface area contributed by atoms with Crippen LogP contribution in [-0.4, -0.2) is 50.0 Å². The monoisotopic (exact) mass is 615 g/mol. The van der Waals surface area contributed by atoms with E-state index < -0.39 is 34.4 Å². The lowest BCUT2D eigenvalue weighted by Gasteiger charge is -2.32. The van der Waals surface area contributed by atoms with Gasteiger partial charge in [-0.1, -0.05) is 71.0 Å². The largest absolute Gasteiger partial charge is 0.352 e. The number of amides is 2. The maximum atomic E-state index is 13.6. The van der Waals surface area contributed by atoms with Gasteiger partial charge in [-0.25, -0.2) is 8.42 Å². The van der Waals surface area contributed by atoms with E-state index in [1.807, 2.05) is 13.8 Å². The number of hydrogen-bond donors (Lipinski definition) is 1. The summed E-state index contributed by atoms with van der Waals surface area (Å²) < 4.78 is 26.2. The Balaban J connectivity index is 2.52. The average molecular weight is 618 g/mol. The van der Waals surface area contributed by atoms with Crippen LogP contribution in [0.3, 0.4) is 0 Å². The number of halogens is 5. The predicted octanol–water partition coefficient (Wildman–Crippen LogP) is 6.05. The Labute approximate surface area is 236 Å². The minimum atomic E-state index is -4.01. The molecule has 1 N–H and O–H groups in total. The Kier molecular flexibility index (Phi) is 11.0. The van der Waals surface area contributed by atoms with Gasteiger partial charge in [0.1, 0.15) is 12.6 Å². The summed E-state index contributed by atoms with van der Waals surface area (Å²) in [7, 11) is -4.01. The molecule has 0 unspecified atom stereocenters. The molecule has 2 aromatic carbocycles. The number of rotatable bonds is 10. The zero-order valence-electron chi connectivity index (χ0n) is 20.0. The number of carbonyl (C=O) groups is 2. The summed E-state index contributed by atoms with van der Waals surface area (Å²) in [4.78, 5) is 27.8. The molecule has 0 bridgehead atoms. The van der Waals surface area contributed by atoms with Crippen molar-refractivity contribution in [3.63, 3.8) is 0 Å². The summed E-state index contributed by atoms with van der Waals surface area (Å²) in [5.74, 6) is -1.11. The molecule has 198 valence electrons. The summed E-state index contributed by atoms with van der Waals surface area (Å²) >= 11 is 31.0. The fourth-order valence-corrected chi connectivity index (χ4v) is 5.26. The first kappa shape index (κ1) is 30.8. The number of carbonyl (C=O) groups excluding carboxylic acids is 2. The number of anilines is 1. The van der Waals surface area contributed by atoms with Crippen molar-refractivity contribution >= 4 is 85.5 Å². The Hall–Kier alpha value is -1.42. The van der Waals surface area contributed by atoms with Gasteiger partial charge in [-0.15, -0.1) is 0 Å². The second-order valence-corrected chi connectivity index (χ2v) is 12.1. The third kappa shape index (κ3) is 7.79. The molecule has 0 heterocycles. The molecule has 7 nitrogen and oxygen atoms in total. The van der Waals surface area contributed by atoms with Gasteiger partial charge in [0.05, 0.1) is 27.0 Å². The molecule has 0 aromatic heterocycles. The summed E-state index contributed by atoms with van der Waals surface area (Å²) in [5, 5.41) is 3.57. The highest BCUT2D eigenvalue weighted by molar-refractivity contribution is 7.92. The third-order valence-electron chi connectivity index (χ3n) is 5.50. The molecular formula is C23H26Cl5N3O4S. The van der Waals surface area contributed by atoms with E-state index in [0.29, 0.717) is 22.0 Å². The number of sulfonamides is 1. The van der Waals surface area contributed by atoms with Crippen molar-refractivity contribution in [2.24, 2.45) is 0 Å². The van der Waals surface area contributed by atoms with Crippen LogP contribution in [0.1, 0.15) is 32.8 Å². The standard InChI is InChI=1S/C23H26Cl5N3O4S/c1-5-13(2)29-23(33)14(3)30(11-15-16(24)7-6-8-17(15)25)22(32)12-31(36(4,34)35)21-10-19(27)18(26)9-20(21)28/h6-10,13-14H,5,11-12H2,1-4H3,(H,29,33)/t13-,14-/m0/s1. The molecule has 0 aliphatic heterocycles. The molecule has 2 amide bonds. The molecule has 2 atom stereocenters. The van der Waals surface area contributed by atoms with Gasteiger partial charge in [0.15, 0.2) is 0 Å². The van der Waals surface area contributed by atoms with Gasteiger partial charge in [-0.2, -0.15) is 0 Å². The minimum Gasteiger partial charge on any atom is -0.352 e. The molecule has 0 saturated heterocycles. The molecule has 0 spiro atoms. The first-order chi connectivity index (χ1) is 16.7. The van der Waals surface area contributed by atoms with E-state index in [1.165, 1.54) is 24.0 Å². The smallest absolute Gasteiger partial charge is 0.244 e. The lowest BCUT2D eigenvalue weighted by Crippen LogP contribution is -2.52. The van der Waals surface area contributed by atoms with E-state index in [2.05, 4.69) is 5.32 Å². The zero-order chi connectivity index (χ0) is 27.4. The fourth-order valence-electron chi connectivity index (χ4n) is 3.20. The van der Waals surface area contributed by atoms with Crippen molar-refractivity contribution < 1.29 is 18.0 Å². The van der Waals surface area contributed by atoms with E-state index in [1.54, 1.807) is 18.2 Å². The normalized spacial score (nSPS) is 13.1. The number of nitrogens with one attached hydrogen (secondary N) is 1. The average Bonchev–Trinajstić information content (AvgIpc) is 2.78. The lowest BCUT2D eigenvalue weighted by molar-refractivity contribution is -0.139. The van der Waals surface area contributed by atoms with Gasteiger partial charge in [0, 0.05) is 28.2 Å². The van der Waals surface area contributed by atoms with Crippen LogP contribution in [0, 0.1) is 0 Å². The van der Waals surface area contributed by atoms with E-state index in [-0.39, 0.29) is 33.3 Å². The van der Waals surface area contributed by atoms with Crippen molar-refractivity contribution in [2.45, 2.75) is 45.8 Å². The van der Waals surface area contributed by atoms with Crippen molar-refractivity contribution in [2.75, 3.05) is 17.1 Å². The van der Waals surface area contributed by atoms with Crippen LogP contribution in [0.2, 0.25) is 25.1 Å². The van der Waals surface area contributed by atoms with Gasteiger partial charge < -0.3 is 10.2 Å². The van der Waals surface area contributed by atoms with Crippen LogP contribution >= 0.6 is 58.0 Å². The molecule has 2 rings (SSSR count). The molecule has 2 aromatic rings. The second kappa shape index (κ2) is 12.9. The van der Waals surface area contributed by atoms with E-state index in [9.17, 15) is 18.0 Å². The summed E-state index contributed by atoms with van der Waals surface area (Å²) in [6, 6.07) is 6.29. The maximum absolute atomic E-state index is 13.6. The van der Waals surface area contributed by atoms with E-state index >= 15 is 0 Å². The number of hydrogen-bond acceptors (Lipinski definition) is 4. The molecule has 0 aliphatic carbocycles. The van der Waals surface area contributed by atoms with Crippen LogP contribution in [-0.2, 0) is 26.2 Å². The van der Waals surface area contributed by atoms with Crippen LogP contribution in [0.4, 0.5) is 5.69 Å². The molecule has 13 heteroatoms. The van der Waals surface area contributed by atoms with Crippen molar-refractivity contribution in [1.82, 2.24) is 10.2 Å². The highest BCUT2D eigenvalue weighted by Gasteiger charge is 2.32. The highest BCUT2D eigenvalue weighted by Crippen LogP contribution is 2.36. The summed E-state index contributed by atoms with van der Waals surface area (Å²) in [6.45, 7) is 4.47. The van der Waals surface area contributed by atoms with Crippen LogP contribution in [0.5, 0.6) is 0 Å². The predicted molar refractivity (Wildman–Crippen MR) is 148 cm³/mol. The topological polar surface area (TPSA) is 86.8 Å². The van der Waals surface area contributed by atoms with Gasteiger partial charge in [-0.3, -0.25) is 13.9 Å². The lowest BCUT2D eigenvalue weighted by atomic mass is 10.1. The van der Waals surface area contributed by atoms with Crippen molar-refractivity contribution in [1.29, 1.82) is 0 Å². The molecule has 0 saturated carbocycles. The van der Waals surface area contributed by atoms with Gasteiger partial charge in [0.2, 0.25) is 21.8 Å².